The van der Waals surface area contributed by atoms with Crippen molar-refractivity contribution < 1.29 is 0 Å². The molecule has 76 valence electrons. The van der Waals surface area contributed by atoms with Crippen LogP contribution in [0, 0.1) is 13.8 Å². The zero-order valence-corrected chi connectivity index (χ0v) is 9.09. The van der Waals surface area contributed by atoms with Gasteiger partial charge in [-0.05, 0) is 25.5 Å². The average Bonchev–Trinajstić information content (AvgIpc) is 2.52. The van der Waals surface area contributed by atoms with Crippen LogP contribution in [0.3, 0.4) is 0 Å². The molecule has 14 heavy (non-hydrogen) atoms. The summed E-state index contributed by atoms with van der Waals surface area (Å²) in [5.74, 6) is 0. The highest BCUT2D eigenvalue weighted by atomic mass is 16.1. The van der Waals surface area contributed by atoms with Crippen molar-refractivity contribution >= 4 is 5.65 Å². The second-order valence-corrected chi connectivity index (χ2v) is 3.01. The van der Waals surface area contributed by atoms with Gasteiger partial charge in [0.1, 0.15) is 5.65 Å². The summed E-state index contributed by atoms with van der Waals surface area (Å²) in [6.07, 6.45) is 1.78. The largest absolute Gasteiger partial charge is 0.345 e. The molecule has 0 radical (unpaired) electrons. The number of hydrogen-bond acceptors (Lipinski definition) is 1. The number of H-pyrrole nitrogens is 1. The SMILES string of the molecule is CC.Cc1cc(=O)n2ccc(C)c2[nH]1. The van der Waals surface area contributed by atoms with E-state index >= 15 is 0 Å². The Labute approximate surface area is 83.4 Å². The number of rotatable bonds is 0. The van der Waals surface area contributed by atoms with E-state index in [1.807, 2.05) is 33.8 Å². The number of nitrogens with zero attached hydrogens (tertiary/aromatic N) is 1. The summed E-state index contributed by atoms with van der Waals surface area (Å²) in [5.41, 5.74) is 2.90. The molecule has 0 bridgehead atoms. The van der Waals surface area contributed by atoms with Gasteiger partial charge in [0, 0.05) is 18.0 Å². The molecule has 0 amide bonds. The molecule has 0 aliphatic rings. The minimum absolute atomic E-state index is 0.0225. The van der Waals surface area contributed by atoms with E-state index in [0.717, 1.165) is 16.9 Å². The summed E-state index contributed by atoms with van der Waals surface area (Å²) in [5, 5.41) is 0. The van der Waals surface area contributed by atoms with Gasteiger partial charge in [-0.15, -0.1) is 0 Å². The van der Waals surface area contributed by atoms with Crippen LogP contribution in [-0.2, 0) is 0 Å². The van der Waals surface area contributed by atoms with E-state index in [9.17, 15) is 4.79 Å². The number of hydrogen-bond donors (Lipinski definition) is 1. The van der Waals surface area contributed by atoms with E-state index < -0.39 is 0 Å². The first-order valence-electron chi connectivity index (χ1n) is 4.86. The molecular weight excluding hydrogens is 176 g/mol. The highest BCUT2D eigenvalue weighted by molar-refractivity contribution is 5.47. The average molecular weight is 192 g/mol. The second-order valence-electron chi connectivity index (χ2n) is 3.01. The van der Waals surface area contributed by atoms with E-state index in [0.29, 0.717) is 0 Å². The first-order chi connectivity index (χ1) is 6.68. The highest BCUT2D eigenvalue weighted by Crippen LogP contribution is 2.05. The number of aromatic amines is 1. The molecule has 2 rings (SSSR count). The van der Waals surface area contributed by atoms with Gasteiger partial charge < -0.3 is 4.98 Å². The third kappa shape index (κ3) is 1.71. The lowest BCUT2D eigenvalue weighted by atomic mass is 10.3. The van der Waals surface area contributed by atoms with Crippen LogP contribution >= 0.6 is 0 Å². The normalized spacial score (nSPS) is 9.71. The van der Waals surface area contributed by atoms with Gasteiger partial charge in [-0.2, -0.15) is 0 Å². The maximum atomic E-state index is 11.4. The van der Waals surface area contributed by atoms with E-state index in [1.165, 1.54) is 0 Å². The lowest BCUT2D eigenvalue weighted by Gasteiger charge is -1.97. The molecule has 0 saturated heterocycles. The van der Waals surface area contributed by atoms with Crippen LogP contribution < -0.4 is 5.56 Å². The van der Waals surface area contributed by atoms with Crippen LogP contribution in [-0.4, -0.2) is 9.38 Å². The van der Waals surface area contributed by atoms with Crippen molar-refractivity contribution in [2.75, 3.05) is 0 Å². The van der Waals surface area contributed by atoms with Crippen LogP contribution in [0.4, 0.5) is 0 Å². The molecule has 2 aromatic heterocycles. The van der Waals surface area contributed by atoms with Crippen molar-refractivity contribution in [1.29, 1.82) is 0 Å². The Morgan fingerprint density at radius 1 is 1.29 bits per heavy atom. The molecule has 0 spiro atoms. The predicted octanol–water partition coefficient (Wildman–Crippen LogP) is 2.27. The van der Waals surface area contributed by atoms with Gasteiger partial charge in [0.2, 0.25) is 0 Å². The molecule has 2 heterocycles. The van der Waals surface area contributed by atoms with E-state index in [-0.39, 0.29) is 5.56 Å². The highest BCUT2D eigenvalue weighted by Gasteiger charge is 2.00. The zero-order chi connectivity index (χ0) is 10.7. The van der Waals surface area contributed by atoms with Crippen molar-refractivity contribution in [3.8, 4) is 0 Å². The molecule has 0 fully saturated rings. The maximum Gasteiger partial charge on any atom is 0.257 e. The monoisotopic (exact) mass is 192 g/mol. The minimum atomic E-state index is 0.0225. The van der Waals surface area contributed by atoms with Crippen LogP contribution in [0.15, 0.2) is 23.1 Å². The molecule has 0 atom stereocenters. The van der Waals surface area contributed by atoms with Gasteiger partial charge in [0.05, 0.1) is 0 Å². The van der Waals surface area contributed by atoms with Gasteiger partial charge in [-0.1, -0.05) is 13.8 Å². The summed E-state index contributed by atoms with van der Waals surface area (Å²) in [7, 11) is 0. The predicted molar refractivity (Wildman–Crippen MR) is 58.8 cm³/mol. The summed E-state index contributed by atoms with van der Waals surface area (Å²) in [6, 6.07) is 3.51. The molecule has 2 aromatic rings. The fourth-order valence-corrected chi connectivity index (χ4v) is 1.35. The van der Waals surface area contributed by atoms with Crippen molar-refractivity contribution in [2.24, 2.45) is 0 Å². The lowest BCUT2D eigenvalue weighted by Crippen LogP contribution is -2.12. The molecule has 0 aliphatic heterocycles. The Kier molecular flexibility index (Phi) is 3.12. The van der Waals surface area contributed by atoms with Crippen LogP contribution in [0.5, 0.6) is 0 Å². The van der Waals surface area contributed by atoms with Gasteiger partial charge in [-0.25, -0.2) is 0 Å². The summed E-state index contributed by atoms with van der Waals surface area (Å²) >= 11 is 0. The Morgan fingerprint density at radius 3 is 2.57 bits per heavy atom. The van der Waals surface area contributed by atoms with Crippen molar-refractivity contribution in [3.63, 3.8) is 0 Å². The van der Waals surface area contributed by atoms with Crippen molar-refractivity contribution in [3.05, 3.63) is 39.9 Å². The fourth-order valence-electron chi connectivity index (χ4n) is 1.35. The quantitative estimate of drug-likeness (QED) is 0.683. The number of nitrogens with one attached hydrogen (secondary N) is 1. The van der Waals surface area contributed by atoms with Crippen molar-refractivity contribution in [2.45, 2.75) is 27.7 Å². The minimum Gasteiger partial charge on any atom is -0.345 e. The molecule has 1 N–H and O–H groups in total. The maximum absolute atomic E-state index is 11.4. The molecule has 3 nitrogen and oxygen atoms in total. The Balaban J connectivity index is 0.000000461. The van der Waals surface area contributed by atoms with E-state index in [1.54, 1.807) is 16.7 Å². The third-order valence-electron chi connectivity index (χ3n) is 1.98. The van der Waals surface area contributed by atoms with Gasteiger partial charge in [0.25, 0.3) is 5.56 Å². The second kappa shape index (κ2) is 4.13. The molecule has 0 aromatic carbocycles. The summed E-state index contributed by atoms with van der Waals surface area (Å²) < 4.78 is 1.61. The van der Waals surface area contributed by atoms with Crippen molar-refractivity contribution in [1.82, 2.24) is 9.38 Å². The van der Waals surface area contributed by atoms with Gasteiger partial charge in [-0.3, -0.25) is 9.20 Å². The Hall–Kier alpha value is -1.51. The standard InChI is InChI=1S/C9H10N2O.C2H6/c1-6-3-4-11-8(12)5-7(2)10-9(6)11;1-2/h3-5,10H,1-2H3;1-2H3. The lowest BCUT2D eigenvalue weighted by molar-refractivity contribution is 1.04. The zero-order valence-electron chi connectivity index (χ0n) is 9.09. The van der Waals surface area contributed by atoms with E-state index in [4.69, 9.17) is 0 Å². The summed E-state index contributed by atoms with van der Waals surface area (Å²) in [6.45, 7) is 7.86. The fraction of sp³-hybridized carbons (Fsp3) is 0.364. The summed E-state index contributed by atoms with van der Waals surface area (Å²) in [4.78, 5) is 14.5. The molecule has 0 saturated carbocycles. The topological polar surface area (TPSA) is 37.3 Å². The molecular formula is C11H16N2O. The number of fused-ring (bicyclic) bond motifs is 1. The van der Waals surface area contributed by atoms with Crippen LogP contribution in [0.2, 0.25) is 0 Å². The molecule has 0 unspecified atom stereocenters. The van der Waals surface area contributed by atoms with Gasteiger partial charge >= 0.3 is 0 Å². The van der Waals surface area contributed by atoms with Crippen LogP contribution in [0.1, 0.15) is 25.1 Å². The first-order valence-corrected chi connectivity index (χ1v) is 4.86. The first kappa shape index (κ1) is 10.6. The van der Waals surface area contributed by atoms with Crippen LogP contribution in [0.25, 0.3) is 5.65 Å². The van der Waals surface area contributed by atoms with Gasteiger partial charge in [0.15, 0.2) is 0 Å². The van der Waals surface area contributed by atoms with E-state index in [2.05, 4.69) is 4.98 Å². The molecule has 3 heteroatoms. The Bertz CT molecular complexity index is 479. The smallest absolute Gasteiger partial charge is 0.257 e. The Morgan fingerprint density at radius 2 is 1.93 bits per heavy atom. The third-order valence-corrected chi connectivity index (χ3v) is 1.98. The number of aromatic nitrogens is 2. The number of aryl methyl sites for hydroxylation is 2. The molecule has 0 aliphatic carbocycles.